The maximum Gasteiger partial charge on any atom is 0.0708 e. The predicted molar refractivity (Wildman–Crippen MR) is 70.5 cm³/mol. The van der Waals surface area contributed by atoms with Crippen molar-refractivity contribution in [3.8, 4) is 0 Å². The molecule has 0 fully saturated rings. The minimum Gasteiger partial charge on any atom is -0.252 e. The Labute approximate surface area is 96.8 Å². The molecule has 0 radical (unpaired) electrons. The Balaban J connectivity index is 2.81. The number of fused-ring (bicyclic) bond motifs is 1. The highest BCUT2D eigenvalue weighted by Crippen LogP contribution is 2.24. The maximum absolute atomic E-state index is 4.64. The molecule has 0 aliphatic heterocycles. The summed E-state index contributed by atoms with van der Waals surface area (Å²) < 4.78 is 0. The molecule has 0 saturated carbocycles. The van der Waals surface area contributed by atoms with Gasteiger partial charge in [-0.25, -0.2) is 0 Å². The molecule has 1 heteroatoms. The first-order valence-electron chi connectivity index (χ1n) is 5.60. The molecule has 2 rings (SSSR count). The minimum atomic E-state index is 1.09. The molecule has 0 atom stereocenters. The molecule has 0 spiro atoms. The fourth-order valence-electron chi connectivity index (χ4n) is 2.05. The highest BCUT2D eigenvalue weighted by atomic mass is 14.7. The number of hydrogen-bond acceptors (Lipinski definition) is 1. The third-order valence-electron chi connectivity index (χ3n) is 2.82. The van der Waals surface area contributed by atoms with E-state index in [2.05, 4.69) is 57.0 Å². The van der Waals surface area contributed by atoms with E-state index in [1.165, 1.54) is 22.1 Å². The van der Waals surface area contributed by atoms with Crippen LogP contribution in [0.5, 0.6) is 0 Å². The van der Waals surface area contributed by atoms with Crippen molar-refractivity contribution in [2.45, 2.75) is 27.7 Å². The summed E-state index contributed by atoms with van der Waals surface area (Å²) in [5.41, 5.74) is 6.09. The summed E-state index contributed by atoms with van der Waals surface area (Å²) in [6.45, 7) is 8.49. The van der Waals surface area contributed by atoms with Crippen molar-refractivity contribution in [3.63, 3.8) is 0 Å². The van der Waals surface area contributed by atoms with E-state index in [9.17, 15) is 0 Å². The maximum atomic E-state index is 4.64. The van der Waals surface area contributed by atoms with E-state index in [4.69, 9.17) is 0 Å². The Morgan fingerprint density at radius 1 is 1.12 bits per heavy atom. The molecule has 0 amide bonds. The van der Waals surface area contributed by atoms with E-state index in [1.807, 2.05) is 6.07 Å². The summed E-state index contributed by atoms with van der Waals surface area (Å²) in [7, 11) is 0. The van der Waals surface area contributed by atoms with Gasteiger partial charge in [0.05, 0.1) is 5.52 Å². The van der Waals surface area contributed by atoms with Gasteiger partial charge in [-0.3, -0.25) is 4.98 Å². The summed E-state index contributed by atoms with van der Waals surface area (Å²) in [6.07, 6.45) is 2.21. The smallest absolute Gasteiger partial charge is 0.0708 e. The van der Waals surface area contributed by atoms with Crippen LogP contribution in [0.2, 0.25) is 0 Å². The van der Waals surface area contributed by atoms with Crippen LogP contribution in [0, 0.1) is 13.8 Å². The van der Waals surface area contributed by atoms with Crippen molar-refractivity contribution < 1.29 is 0 Å². The molecule has 0 saturated heterocycles. The average molecular weight is 211 g/mol. The number of hydrogen-bond donors (Lipinski definition) is 0. The van der Waals surface area contributed by atoms with Gasteiger partial charge in [-0.2, -0.15) is 0 Å². The average Bonchev–Trinajstić information content (AvgIpc) is 2.24. The number of nitrogens with zero attached hydrogens (tertiary/aromatic N) is 1. The Hall–Kier alpha value is -1.63. The molecule has 82 valence electrons. The van der Waals surface area contributed by atoms with Crippen LogP contribution >= 0.6 is 0 Å². The van der Waals surface area contributed by atoms with Gasteiger partial charge in [-0.05, 0) is 44.9 Å². The van der Waals surface area contributed by atoms with E-state index in [0.717, 1.165) is 11.2 Å². The summed E-state index contributed by atoms with van der Waals surface area (Å²) in [6, 6.07) is 8.31. The first kappa shape index (κ1) is 10.9. The Bertz CT molecular complexity index is 561. The summed E-state index contributed by atoms with van der Waals surface area (Å²) >= 11 is 0. The largest absolute Gasteiger partial charge is 0.252 e. The molecule has 1 aromatic carbocycles. The number of aromatic nitrogens is 1. The van der Waals surface area contributed by atoms with Gasteiger partial charge in [0, 0.05) is 11.1 Å². The number of para-hydroxylation sites is 1. The van der Waals surface area contributed by atoms with Crippen LogP contribution in [0.1, 0.15) is 30.7 Å². The molecule has 0 aliphatic carbocycles. The summed E-state index contributed by atoms with van der Waals surface area (Å²) in [5.74, 6) is 0. The predicted octanol–water partition coefficient (Wildman–Crippen LogP) is 4.27. The van der Waals surface area contributed by atoms with Crippen molar-refractivity contribution in [1.82, 2.24) is 4.98 Å². The fourth-order valence-corrected chi connectivity index (χ4v) is 2.05. The van der Waals surface area contributed by atoms with Crippen LogP contribution < -0.4 is 0 Å². The topological polar surface area (TPSA) is 12.9 Å². The number of rotatable bonds is 1. The molecular formula is C15H17N. The van der Waals surface area contributed by atoms with Crippen LogP contribution in [0.15, 0.2) is 29.8 Å². The normalized spacial score (nSPS) is 10.5. The van der Waals surface area contributed by atoms with Crippen LogP contribution in [0.25, 0.3) is 17.0 Å². The van der Waals surface area contributed by atoms with E-state index in [0.29, 0.717) is 0 Å². The van der Waals surface area contributed by atoms with Gasteiger partial charge in [0.1, 0.15) is 0 Å². The lowest BCUT2D eigenvalue weighted by Crippen LogP contribution is -1.93. The number of pyridine rings is 1. The summed E-state index contributed by atoms with van der Waals surface area (Å²) in [4.78, 5) is 4.64. The van der Waals surface area contributed by atoms with Gasteiger partial charge in [0.15, 0.2) is 0 Å². The second-order valence-corrected chi connectivity index (χ2v) is 4.47. The Morgan fingerprint density at radius 2 is 1.81 bits per heavy atom. The van der Waals surface area contributed by atoms with Crippen molar-refractivity contribution >= 4 is 17.0 Å². The van der Waals surface area contributed by atoms with Crippen LogP contribution in [-0.2, 0) is 0 Å². The molecule has 1 heterocycles. The van der Waals surface area contributed by atoms with E-state index < -0.39 is 0 Å². The van der Waals surface area contributed by atoms with Crippen LogP contribution in [0.4, 0.5) is 0 Å². The zero-order chi connectivity index (χ0) is 11.7. The molecule has 16 heavy (non-hydrogen) atoms. The van der Waals surface area contributed by atoms with E-state index in [1.54, 1.807) is 0 Å². The van der Waals surface area contributed by atoms with E-state index in [-0.39, 0.29) is 0 Å². The highest BCUT2D eigenvalue weighted by Gasteiger charge is 2.06. The first-order chi connectivity index (χ1) is 7.59. The lowest BCUT2D eigenvalue weighted by Gasteiger charge is -2.09. The molecule has 1 aromatic heterocycles. The lowest BCUT2D eigenvalue weighted by molar-refractivity contribution is 1.21. The zero-order valence-corrected chi connectivity index (χ0v) is 10.3. The van der Waals surface area contributed by atoms with Gasteiger partial charge in [-0.15, -0.1) is 0 Å². The standard InChI is InChI=1S/C15H17N/c1-10(2)9-14-11(3)13-7-5-6-8-15(13)16-12(14)4/h5-9H,1-4H3. The molecule has 0 aliphatic rings. The van der Waals surface area contributed by atoms with Gasteiger partial charge >= 0.3 is 0 Å². The second-order valence-electron chi connectivity index (χ2n) is 4.47. The number of aryl methyl sites for hydroxylation is 2. The monoisotopic (exact) mass is 211 g/mol. The third kappa shape index (κ3) is 1.85. The molecule has 1 nitrogen and oxygen atoms in total. The molecule has 0 N–H and O–H groups in total. The minimum absolute atomic E-state index is 1.09. The summed E-state index contributed by atoms with van der Waals surface area (Å²) in [5, 5.41) is 1.25. The van der Waals surface area contributed by atoms with Crippen molar-refractivity contribution in [2.24, 2.45) is 0 Å². The lowest BCUT2D eigenvalue weighted by atomic mass is 10.0. The SMILES string of the molecule is CC(C)=Cc1c(C)nc2ccccc2c1C. The highest BCUT2D eigenvalue weighted by molar-refractivity contribution is 5.85. The third-order valence-corrected chi connectivity index (χ3v) is 2.82. The number of benzene rings is 1. The molecule has 0 unspecified atom stereocenters. The van der Waals surface area contributed by atoms with E-state index >= 15 is 0 Å². The quantitative estimate of drug-likeness (QED) is 0.686. The first-order valence-corrected chi connectivity index (χ1v) is 5.60. The number of allylic oxidation sites excluding steroid dienone is 1. The molecule has 2 aromatic rings. The van der Waals surface area contributed by atoms with Crippen LogP contribution in [0.3, 0.4) is 0 Å². The van der Waals surface area contributed by atoms with Crippen molar-refractivity contribution in [3.05, 3.63) is 46.7 Å². The molecule has 0 bridgehead atoms. The van der Waals surface area contributed by atoms with Gasteiger partial charge in [-0.1, -0.05) is 29.8 Å². The fraction of sp³-hybridized carbons (Fsp3) is 0.267. The molecular weight excluding hydrogens is 194 g/mol. The zero-order valence-electron chi connectivity index (χ0n) is 10.3. The Kier molecular flexibility index (Phi) is 2.78. The van der Waals surface area contributed by atoms with Gasteiger partial charge in [0.2, 0.25) is 0 Å². The Morgan fingerprint density at radius 3 is 2.50 bits per heavy atom. The van der Waals surface area contributed by atoms with Crippen molar-refractivity contribution in [2.75, 3.05) is 0 Å². The second kappa shape index (κ2) is 4.09. The van der Waals surface area contributed by atoms with Gasteiger partial charge in [0.25, 0.3) is 0 Å². The van der Waals surface area contributed by atoms with Crippen molar-refractivity contribution in [1.29, 1.82) is 0 Å². The van der Waals surface area contributed by atoms with Gasteiger partial charge < -0.3 is 0 Å². The van der Waals surface area contributed by atoms with Crippen LogP contribution in [-0.4, -0.2) is 4.98 Å².